The lowest BCUT2D eigenvalue weighted by Crippen LogP contribution is -3.00. The summed E-state index contributed by atoms with van der Waals surface area (Å²) < 4.78 is 12.1. The summed E-state index contributed by atoms with van der Waals surface area (Å²) in [4.78, 5) is 27.9. The molecule has 0 saturated carbocycles. The van der Waals surface area contributed by atoms with Gasteiger partial charge < -0.3 is 31.5 Å². The van der Waals surface area contributed by atoms with E-state index >= 15 is 0 Å². The Morgan fingerprint density at radius 2 is 1.48 bits per heavy atom. The fourth-order valence-corrected chi connectivity index (χ4v) is 7.64. The van der Waals surface area contributed by atoms with E-state index in [1.165, 1.54) is 9.75 Å². The van der Waals surface area contributed by atoms with Crippen molar-refractivity contribution in [3.05, 3.63) is 93.7 Å². The Balaban J connectivity index is 0.00000370. The topological polar surface area (TPSA) is 72.8 Å². The number of thiophene rings is 1. The van der Waals surface area contributed by atoms with E-state index in [9.17, 15) is 14.7 Å². The van der Waals surface area contributed by atoms with E-state index in [2.05, 4.69) is 19.2 Å². The van der Waals surface area contributed by atoms with Gasteiger partial charge in [0.1, 0.15) is 12.6 Å². The first-order chi connectivity index (χ1) is 18.8. The minimum absolute atomic E-state index is 0. The number of quaternary nitrogens is 1. The monoisotopic (exact) mass is 583 g/mol. The van der Waals surface area contributed by atoms with E-state index < -0.39 is 11.6 Å². The fourth-order valence-electron chi connectivity index (χ4n) is 6.48. The maximum absolute atomic E-state index is 13.7. The minimum Gasteiger partial charge on any atom is -1.00 e. The molecule has 40 heavy (non-hydrogen) atoms. The van der Waals surface area contributed by atoms with Gasteiger partial charge >= 0.3 is 11.9 Å². The summed E-state index contributed by atoms with van der Waals surface area (Å²) in [6, 6.07) is 23.3. The van der Waals surface area contributed by atoms with Crippen molar-refractivity contribution >= 4 is 23.3 Å². The van der Waals surface area contributed by atoms with Crippen LogP contribution in [0.3, 0.4) is 0 Å². The fraction of sp³-hybridized carbons (Fsp3) is 0.438. The summed E-state index contributed by atoms with van der Waals surface area (Å²) in [6.45, 7) is 3.19. The molecule has 2 unspecified atom stereocenters. The highest BCUT2D eigenvalue weighted by molar-refractivity contribution is 7.11. The molecule has 8 heteroatoms. The van der Waals surface area contributed by atoms with Gasteiger partial charge in [0.2, 0.25) is 5.60 Å². The number of piperidine rings is 1. The van der Waals surface area contributed by atoms with Gasteiger partial charge in [0.05, 0.1) is 37.0 Å². The second-order valence-electron chi connectivity index (χ2n) is 11.0. The number of hydrogen-bond donors (Lipinski definition) is 1. The number of carbonyl (C=O) groups excluding carboxylic acids is 2. The maximum Gasteiger partial charge on any atom is 0.347 e. The summed E-state index contributed by atoms with van der Waals surface area (Å²) in [5, 5.41) is 11.8. The quantitative estimate of drug-likeness (QED) is 0.293. The number of carbonyl (C=O) groups is 2. The van der Waals surface area contributed by atoms with Crippen molar-refractivity contribution in [2.45, 2.75) is 75.8 Å². The Kier molecular flexibility index (Phi) is 9.72. The zero-order valence-electron chi connectivity index (χ0n) is 23.1. The van der Waals surface area contributed by atoms with E-state index in [1.807, 2.05) is 43.3 Å². The molecular formula is C32H38ClNO5S. The summed E-state index contributed by atoms with van der Waals surface area (Å²) >= 11 is 1.79. The van der Waals surface area contributed by atoms with Gasteiger partial charge in [-0.1, -0.05) is 60.7 Å². The number of rotatable bonds is 10. The van der Waals surface area contributed by atoms with Crippen LogP contribution in [0.1, 0.15) is 59.9 Å². The molecular weight excluding hydrogens is 546 g/mol. The lowest BCUT2D eigenvalue weighted by Gasteiger charge is -2.47. The third kappa shape index (κ3) is 6.13. The average molecular weight is 584 g/mol. The Morgan fingerprint density at radius 1 is 0.925 bits per heavy atom. The van der Waals surface area contributed by atoms with Gasteiger partial charge in [0, 0.05) is 30.6 Å². The first kappa shape index (κ1) is 30.3. The molecule has 3 heterocycles. The van der Waals surface area contributed by atoms with Crippen molar-refractivity contribution < 1.29 is 41.1 Å². The smallest absolute Gasteiger partial charge is 0.347 e. The maximum atomic E-state index is 13.7. The minimum atomic E-state index is -1.85. The predicted octanol–water partition coefficient (Wildman–Crippen LogP) is 2.37. The average Bonchev–Trinajstić information content (AvgIpc) is 3.43. The van der Waals surface area contributed by atoms with Crippen LogP contribution in [0.5, 0.6) is 0 Å². The van der Waals surface area contributed by atoms with Crippen LogP contribution < -0.4 is 12.4 Å². The highest BCUT2D eigenvalue weighted by atomic mass is 35.5. The molecule has 5 rings (SSSR count). The molecule has 2 saturated heterocycles. The van der Waals surface area contributed by atoms with E-state index in [1.54, 1.807) is 35.6 Å². The van der Waals surface area contributed by atoms with Crippen molar-refractivity contribution in [1.82, 2.24) is 0 Å². The SMILES string of the molecule is CCOC(=O)CCc1ccc(C[N+]2(C)[C@@H]3CC[C@H]2CC(OC(=O)C(O)(c2ccccc2)c2ccccc2)C3)s1.[Cl-]. The lowest BCUT2D eigenvalue weighted by atomic mass is 9.86. The van der Waals surface area contributed by atoms with Crippen LogP contribution in [0.15, 0.2) is 72.8 Å². The standard InChI is InChI=1S/C32H38NO5S.ClH/c1-3-37-30(34)19-18-28-16-17-29(39-28)22-33(2)25-14-15-26(33)21-27(20-25)38-31(35)32(36,23-10-6-4-7-11-23)24-12-8-5-9-13-24;/h4-13,16-17,25-27,36H,3,14-15,18-22H2,1-2H3;1H/q+1;/p-1/t25-,26+,27?,33?;. The van der Waals surface area contributed by atoms with Crippen molar-refractivity contribution in [3.8, 4) is 0 Å². The molecule has 0 radical (unpaired) electrons. The highest BCUT2D eigenvalue weighted by Crippen LogP contribution is 2.45. The number of fused-ring (bicyclic) bond motifs is 2. The summed E-state index contributed by atoms with van der Waals surface area (Å²) in [5.74, 6) is -0.752. The van der Waals surface area contributed by atoms with Crippen LogP contribution in [0, 0.1) is 0 Å². The lowest BCUT2D eigenvalue weighted by molar-refractivity contribution is -0.961. The van der Waals surface area contributed by atoms with Gasteiger partial charge in [-0.15, -0.1) is 11.3 Å². The van der Waals surface area contributed by atoms with Crippen LogP contribution in [0.25, 0.3) is 0 Å². The number of aryl methyl sites for hydroxylation is 1. The Bertz CT molecular complexity index is 1230. The van der Waals surface area contributed by atoms with Gasteiger partial charge in [0.25, 0.3) is 0 Å². The molecule has 0 aliphatic carbocycles. The van der Waals surface area contributed by atoms with E-state index in [-0.39, 0.29) is 24.5 Å². The van der Waals surface area contributed by atoms with Gasteiger partial charge in [-0.25, -0.2) is 4.79 Å². The van der Waals surface area contributed by atoms with E-state index in [0.29, 0.717) is 42.7 Å². The van der Waals surface area contributed by atoms with Crippen molar-refractivity contribution in [2.24, 2.45) is 0 Å². The van der Waals surface area contributed by atoms with Gasteiger partial charge in [-0.2, -0.15) is 0 Å². The number of halogens is 1. The summed E-state index contributed by atoms with van der Waals surface area (Å²) in [6.07, 6.45) is 4.71. The number of ether oxygens (including phenoxy) is 2. The number of benzene rings is 2. The molecule has 1 N–H and O–H groups in total. The third-order valence-electron chi connectivity index (χ3n) is 8.62. The number of esters is 2. The molecule has 2 fully saturated rings. The zero-order chi connectivity index (χ0) is 27.5. The summed E-state index contributed by atoms with van der Waals surface area (Å²) in [7, 11) is 2.34. The first-order valence-corrected chi connectivity index (χ1v) is 14.8. The molecule has 0 amide bonds. The number of aliphatic hydroxyl groups is 1. The second kappa shape index (κ2) is 12.9. The molecule has 2 aliphatic rings. The van der Waals surface area contributed by atoms with Crippen molar-refractivity contribution in [2.75, 3.05) is 13.7 Å². The third-order valence-corrected chi connectivity index (χ3v) is 9.75. The molecule has 2 bridgehead atoms. The van der Waals surface area contributed by atoms with Crippen LogP contribution in [-0.2, 0) is 37.6 Å². The molecule has 0 spiro atoms. The predicted molar refractivity (Wildman–Crippen MR) is 151 cm³/mol. The van der Waals surface area contributed by atoms with Gasteiger partial charge in [-0.3, -0.25) is 4.79 Å². The number of hydrogen-bond acceptors (Lipinski definition) is 6. The molecule has 3 aromatic rings. The largest absolute Gasteiger partial charge is 1.00 e. The number of nitrogens with zero attached hydrogens (tertiary/aromatic N) is 1. The van der Waals surface area contributed by atoms with Crippen LogP contribution >= 0.6 is 11.3 Å². The van der Waals surface area contributed by atoms with Crippen LogP contribution in [-0.4, -0.2) is 53.4 Å². The highest BCUT2D eigenvalue weighted by Gasteiger charge is 2.53. The zero-order valence-corrected chi connectivity index (χ0v) is 24.7. The second-order valence-corrected chi connectivity index (χ2v) is 12.3. The van der Waals surface area contributed by atoms with Crippen molar-refractivity contribution in [1.29, 1.82) is 0 Å². The molecule has 4 atom stereocenters. The normalized spacial score (nSPS) is 23.7. The molecule has 2 aromatic carbocycles. The summed E-state index contributed by atoms with van der Waals surface area (Å²) in [5.41, 5.74) is -0.831. The van der Waals surface area contributed by atoms with Crippen LogP contribution in [0.2, 0.25) is 0 Å². The first-order valence-electron chi connectivity index (χ1n) is 14.0. The molecule has 214 valence electrons. The van der Waals surface area contributed by atoms with Gasteiger partial charge in [-0.05, 0) is 36.6 Å². The van der Waals surface area contributed by atoms with E-state index in [0.717, 1.165) is 36.7 Å². The molecule has 2 aliphatic heterocycles. The van der Waals surface area contributed by atoms with Crippen molar-refractivity contribution in [3.63, 3.8) is 0 Å². The Hall–Kier alpha value is -2.71. The molecule has 6 nitrogen and oxygen atoms in total. The van der Waals surface area contributed by atoms with E-state index in [4.69, 9.17) is 9.47 Å². The molecule has 1 aromatic heterocycles. The Labute approximate surface area is 246 Å². The van der Waals surface area contributed by atoms with Crippen LogP contribution in [0.4, 0.5) is 0 Å². The Morgan fingerprint density at radius 3 is 2.02 bits per heavy atom. The van der Waals surface area contributed by atoms with Gasteiger partial charge in [0.15, 0.2) is 0 Å².